The van der Waals surface area contributed by atoms with Crippen LogP contribution in [0.2, 0.25) is 0 Å². The Bertz CT molecular complexity index is 463. The first-order valence-electron chi connectivity index (χ1n) is 6.66. The lowest BCUT2D eigenvalue weighted by atomic mass is 9.99. The summed E-state index contributed by atoms with van der Waals surface area (Å²) in [6.45, 7) is 3.58. The van der Waals surface area contributed by atoms with Crippen LogP contribution in [0.3, 0.4) is 0 Å². The number of piperidine rings is 1. The molecule has 2 bridgehead atoms. The van der Waals surface area contributed by atoms with Gasteiger partial charge in [0.25, 0.3) is 0 Å². The van der Waals surface area contributed by atoms with E-state index in [2.05, 4.69) is 16.5 Å². The van der Waals surface area contributed by atoms with Gasteiger partial charge in [-0.3, -0.25) is 4.79 Å². The number of carbonyl (C=O) groups is 1. The van der Waals surface area contributed by atoms with E-state index in [0.29, 0.717) is 6.01 Å². The standard InChI is InChI=1S/C14H17N3O2/c1-2-13(18)17-10-4-5-11(17)9-12(8-10)19-14-15-6-3-7-16-14/h2-3,6-7,10-12H,1,4-5,8-9H2/t10-,11+,12+. The lowest BCUT2D eigenvalue weighted by molar-refractivity contribution is -0.131. The molecule has 1 aromatic heterocycles. The summed E-state index contributed by atoms with van der Waals surface area (Å²) < 4.78 is 5.81. The van der Waals surface area contributed by atoms with Crippen LogP contribution in [-0.2, 0) is 4.79 Å². The van der Waals surface area contributed by atoms with Crippen LogP contribution in [0.25, 0.3) is 0 Å². The molecule has 0 saturated carbocycles. The third kappa shape index (κ3) is 2.32. The van der Waals surface area contributed by atoms with Crippen LogP contribution in [0.1, 0.15) is 25.7 Å². The van der Waals surface area contributed by atoms with Crippen LogP contribution in [0.15, 0.2) is 31.1 Å². The molecule has 2 aliphatic rings. The van der Waals surface area contributed by atoms with Crippen molar-refractivity contribution in [2.45, 2.75) is 43.9 Å². The van der Waals surface area contributed by atoms with Crippen molar-refractivity contribution in [3.8, 4) is 6.01 Å². The topological polar surface area (TPSA) is 55.3 Å². The van der Waals surface area contributed by atoms with Crippen molar-refractivity contribution in [3.05, 3.63) is 31.1 Å². The Kier molecular flexibility index (Phi) is 3.19. The summed E-state index contributed by atoms with van der Waals surface area (Å²) in [5.74, 6) is 0.0434. The maximum atomic E-state index is 11.8. The number of amides is 1. The van der Waals surface area contributed by atoms with Gasteiger partial charge in [0, 0.05) is 37.3 Å². The van der Waals surface area contributed by atoms with Gasteiger partial charge in [-0.2, -0.15) is 0 Å². The van der Waals surface area contributed by atoms with E-state index in [0.717, 1.165) is 25.7 Å². The molecule has 2 saturated heterocycles. The molecular weight excluding hydrogens is 242 g/mol. The fourth-order valence-corrected chi connectivity index (χ4v) is 3.18. The zero-order valence-electron chi connectivity index (χ0n) is 10.7. The second-order valence-corrected chi connectivity index (χ2v) is 5.08. The van der Waals surface area contributed by atoms with Crippen molar-refractivity contribution >= 4 is 5.91 Å². The van der Waals surface area contributed by atoms with Crippen molar-refractivity contribution in [3.63, 3.8) is 0 Å². The second-order valence-electron chi connectivity index (χ2n) is 5.08. The van der Waals surface area contributed by atoms with E-state index in [4.69, 9.17) is 4.74 Å². The van der Waals surface area contributed by atoms with E-state index in [1.807, 2.05) is 4.90 Å². The van der Waals surface area contributed by atoms with Crippen LogP contribution in [0.5, 0.6) is 6.01 Å². The van der Waals surface area contributed by atoms with E-state index in [1.54, 1.807) is 18.5 Å². The molecule has 3 heterocycles. The lowest BCUT2D eigenvalue weighted by Crippen LogP contribution is -2.48. The summed E-state index contributed by atoms with van der Waals surface area (Å²) in [5.41, 5.74) is 0. The van der Waals surface area contributed by atoms with Gasteiger partial charge < -0.3 is 9.64 Å². The van der Waals surface area contributed by atoms with Crippen molar-refractivity contribution in [1.29, 1.82) is 0 Å². The highest BCUT2D eigenvalue weighted by Crippen LogP contribution is 2.36. The number of rotatable bonds is 3. The molecule has 0 N–H and O–H groups in total. The minimum Gasteiger partial charge on any atom is -0.460 e. The fourth-order valence-electron chi connectivity index (χ4n) is 3.18. The molecular formula is C14H17N3O2. The Balaban J connectivity index is 1.67. The van der Waals surface area contributed by atoms with E-state index in [-0.39, 0.29) is 24.1 Å². The van der Waals surface area contributed by atoms with E-state index >= 15 is 0 Å². The number of aromatic nitrogens is 2. The van der Waals surface area contributed by atoms with Gasteiger partial charge >= 0.3 is 6.01 Å². The molecule has 0 unspecified atom stereocenters. The third-order valence-electron chi connectivity index (χ3n) is 3.93. The van der Waals surface area contributed by atoms with Gasteiger partial charge in [0.1, 0.15) is 6.10 Å². The van der Waals surface area contributed by atoms with Crippen molar-refractivity contribution in [1.82, 2.24) is 14.9 Å². The predicted octanol–water partition coefficient (Wildman–Crippen LogP) is 1.56. The van der Waals surface area contributed by atoms with Gasteiger partial charge in [0.15, 0.2) is 0 Å². The summed E-state index contributed by atoms with van der Waals surface area (Å²) in [4.78, 5) is 22.0. The van der Waals surface area contributed by atoms with Gasteiger partial charge in [-0.1, -0.05) is 6.58 Å². The largest absolute Gasteiger partial charge is 0.460 e. The van der Waals surface area contributed by atoms with Crippen molar-refractivity contribution in [2.75, 3.05) is 0 Å². The first-order valence-corrected chi connectivity index (χ1v) is 6.66. The zero-order chi connectivity index (χ0) is 13.2. The highest BCUT2D eigenvalue weighted by Gasteiger charge is 2.43. The van der Waals surface area contributed by atoms with Gasteiger partial charge in [0.05, 0.1) is 0 Å². The van der Waals surface area contributed by atoms with E-state index in [9.17, 15) is 4.79 Å². The van der Waals surface area contributed by atoms with Gasteiger partial charge in [-0.25, -0.2) is 9.97 Å². The maximum absolute atomic E-state index is 11.8. The number of hydrogen-bond donors (Lipinski definition) is 0. The highest BCUT2D eigenvalue weighted by atomic mass is 16.5. The van der Waals surface area contributed by atoms with Crippen LogP contribution >= 0.6 is 0 Å². The number of hydrogen-bond acceptors (Lipinski definition) is 4. The molecule has 19 heavy (non-hydrogen) atoms. The molecule has 5 heteroatoms. The predicted molar refractivity (Wildman–Crippen MR) is 69.5 cm³/mol. The molecule has 3 atom stereocenters. The molecule has 0 spiro atoms. The summed E-state index contributed by atoms with van der Waals surface area (Å²) >= 11 is 0. The molecule has 0 aliphatic carbocycles. The Labute approximate surface area is 112 Å². The van der Waals surface area contributed by atoms with Crippen LogP contribution < -0.4 is 4.74 Å². The smallest absolute Gasteiger partial charge is 0.316 e. The minimum absolute atomic E-state index is 0.0434. The SMILES string of the molecule is C=CC(=O)N1[C@@H]2CC[C@H]1C[C@@H](Oc1ncccn1)C2. The molecule has 0 aromatic carbocycles. The Morgan fingerprint density at radius 3 is 2.53 bits per heavy atom. The zero-order valence-corrected chi connectivity index (χ0v) is 10.7. The quantitative estimate of drug-likeness (QED) is 0.773. The molecule has 0 radical (unpaired) electrons. The first kappa shape index (κ1) is 12.1. The highest BCUT2D eigenvalue weighted by molar-refractivity contribution is 5.87. The van der Waals surface area contributed by atoms with Crippen LogP contribution in [0.4, 0.5) is 0 Å². The molecule has 1 amide bonds. The molecule has 3 rings (SSSR count). The van der Waals surface area contributed by atoms with E-state index in [1.165, 1.54) is 6.08 Å². The number of carbonyl (C=O) groups excluding carboxylic acids is 1. The monoisotopic (exact) mass is 259 g/mol. The molecule has 2 aliphatic heterocycles. The molecule has 5 nitrogen and oxygen atoms in total. The summed E-state index contributed by atoms with van der Waals surface area (Å²) in [6, 6.07) is 2.74. The van der Waals surface area contributed by atoms with Gasteiger partial charge in [0.2, 0.25) is 5.91 Å². The molecule has 100 valence electrons. The Morgan fingerprint density at radius 1 is 1.32 bits per heavy atom. The molecule has 1 aromatic rings. The van der Waals surface area contributed by atoms with Gasteiger partial charge in [-0.15, -0.1) is 0 Å². The normalized spacial score (nSPS) is 29.1. The summed E-state index contributed by atoms with van der Waals surface area (Å²) in [6.07, 6.45) is 8.68. The van der Waals surface area contributed by atoms with Gasteiger partial charge in [-0.05, 0) is 25.0 Å². The van der Waals surface area contributed by atoms with Crippen LogP contribution in [-0.4, -0.2) is 39.0 Å². The summed E-state index contributed by atoms with van der Waals surface area (Å²) in [7, 11) is 0. The number of nitrogens with zero attached hydrogens (tertiary/aromatic N) is 3. The number of fused-ring (bicyclic) bond motifs is 2. The minimum atomic E-state index is 0.0434. The van der Waals surface area contributed by atoms with Crippen molar-refractivity contribution in [2.24, 2.45) is 0 Å². The van der Waals surface area contributed by atoms with Crippen LogP contribution in [0, 0.1) is 0 Å². The first-order chi connectivity index (χ1) is 9.28. The second kappa shape index (κ2) is 4.99. The average Bonchev–Trinajstić information content (AvgIpc) is 2.71. The molecule has 2 fully saturated rings. The Hall–Kier alpha value is -1.91. The van der Waals surface area contributed by atoms with E-state index < -0.39 is 0 Å². The fraction of sp³-hybridized carbons (Fsp3) is 0.500. The third-order valence-corrected chi connectivity index (χ3v) is 3.93. The summed E-state index contributed by atoms with van der Waals surface area (Å²) in [5, 5.41) is 0. The number of ether oxygens (including phenoxy) is 1. The van der Waals surface area contributed by atoms with Crippen molar-refractivity contribution < 1.29 is 9.53 Å². The maximum Gasteiger partial charge on any atom is 0.316 e. The average molecular weight is 259 g/mol. The Morgan fingerprint density at radius 2 is 1.95 bits per heavy atom. The lowest BCUT2D eigenvalue weighted by Gasteiger charge is -2.37.